The van der Waals surface area contributed by atoms with E-state index in [0.29, 0.717) is 0 Å². The molecular formula is C11H7BrF3NO2. The molecule has 0 radical (unpaired) electrons. The number of hydrogen-bond donors (Lipinski definition) is 0. The number of ether oxygens (including phenoxy) is 1. The summed E-state index contributed by atoms with van der Waals surface area (Å²) in [5.41, 5.74) is -1.44. The summed E-state index contributed by atoms with van der Waals surface area (Å²) >= 11 is 3.02. The summed E-state index contributed by atoms with van der Waals surface area (Å²) < 4.78 is 42.7. The lowest BCUT2D eigenvalue weighted by Gasteiger charge is -2.12. The van der Waals surface area contributed by atoms with Crippen molar-refractivity contribution in [3.05, 3.63) is 33.3 Å². The lowest BCUT2D eigenvalue weighted by atomic mass is 10.0. The second-order valence-electron chi connectivity index (χ2n) is 3.35. The molecule has 1 rings (SSSR count). The first-order valence-corrected chi connectivity index (χ1v) is 5.45. The SMILES string of the molecule is COC(=O)Cc1cc(C(F)(F)F)c(C#N)cc1Br. The van der Waals surface area contributed by atoms with E-state index in [1.54, 1.807) is 0 Å². The smallest absolute Gasteiger partial charge is 0.417 e. The van der Waals surface area contributed by atoms with Crippen molar-refractivity contribution in [1.29, 1.82) is 5.26 Å². The molecule has 1 aromatic rings. The maximum absolute atomic E-state index is 12.7. The molecule has 0 aliphatic carbocycles. The molecule has 0 N–H and O–H groups in total. The number of halogens is 4. The number of hydrogen-bond acceptors (Lipinski definition) is 3. The third-order valence-electron chi connectivity index (χ3n) is 2.17. The van der Waals surface area contributed by atoms with Gasteiger partial charge in [0.15, 0.2) is 0 Å². The van der Waals surface area contributed by atoms with Crippen LogP contribution in [0.3, 0.4) is 0 Å². The van der Waals surface area contributed by atoms with Crippen molar-refractivity contribution in [2.75, 3.05) is 7.11 Å². The van der Waals surface area contributed by atoms with E-state index in [2.05, 4.69) is 20.7 Å². The molecule has 3 nitrogen and oxygen atoms in total. The Hall–Kier alpha value is -1.55. The van der Waals surface area contributed by atoms with Gasteiger partial charge in [-0.1, -0.05) is 15.9 Å². The Labute approximate surface area is 109 Å². The molecule has 0 saturated heterocycles. The van der Waals surface area contributed by atoms with Crippen molar-refractivity contribution in [3.63, 3.8) is 0 Å². The lowest BCUT2D eigenvalue weighted by molar-refractivity contribution is -0.140. The van der Waals surface area contributed by atoms with Crippen molar-refractivity contribution in [1.82, 2.24) is 0 Å². The molecule has 0 aliphatic heterocycles. The van der Waals surface area contributed by atoms with Gasteiger partial charge in [0.05, 0.1) is 30.7 Å². The highest BCUT2D eigenvalue weighted by Crippen LogP contribution is 2.35. The molecule has 0 unspecified atom stereocenters. The molecule has 0 aliphatic rings. The predicted molar refractivity (Wildman–Crippen MR) is 59.6 cm³/mol. The predicted octanol–water partition coefficient (Wildman–Crippen LogP) is 3.06. The summed E-state index contributed by atoms with van der Waals surface area (Å²) in [5, 5.41) is 8.66. The van der Waals surface area contributed by atoms with Gasteiger partial charge in [0.1, 0.15) is 0 Å². The van der Waals surface area contributed by atoms with Crippen LogP contribution in [0.15, 0.2) is 16.6 Å². The van der Waals surface area contributed by atoms with Crippen LogP contribution < -0.4 is 0 Å². The Kier molecular flexibility index (Phi) is 4.35. The summed E-state index contributed by atoms with van der Waals surface area (Å²) in [6.45, 7) is 0. The van der Waals surface area contributed by atoms with Crippen molar-refractivity contribution in [3.8, 4) is 6.07 Å². The maximum atomic E-state index is 12.7. The fourth-order valence-electron chi connectivity index (χ4n) is 1.31. The number of nitrogens with zero attached hydrogens (tertiary/aromatic N) is 1. The van der Waals surface area contributed by atoms with Gasteiger partial charge >= 0.3 is 12.1 Å². The third-order valence-corrected chi connectivity index (χ3v) is 2.91. The maximum Gasteiger partial charge on any atom is 0.417 e. The van der Waals surface area contributed by atoms with Gasteiger partial charge in [0.2, 0.25) is 0 Å². The van der Waals surface area contributed by atoms with Gasteiger partial charge in [-0.25, -0.2) is 0 Å². The van der Waals surface area contributed by atoms with Gasteiger partial charge in [-0.2, -0.15) is 18.4 Å². The van der Waals surface area contributed by atoms with Crippen molar-refractivity contribution < 1.29 is 22.7 Å². The number of nitriles is 1. The monoisotopic (exact) mass is 321 g/mol. The molecule has 0 spiro atoms. The average Bonchev–Trinajstić information content (AvgIpc) is 2.29. The van der Waals surface area contributed by atoms with Gasteiger partial charge in [-0.3, -0.25) is 4.79 Å². The first-order chi connectivity index (χ1) is 8.29. The molecule has 18 heavy (non-hydrogen) atoms. The molecule has 96 valence electrons. The zero-order chi connectivity index (χ0) is 13.9. The van der Waals surface area contributed by atoms with E-state index in [-0.39, 0.29) is 16.5 Å². The molecule has 0 fully saturated rings. The van der Waals surface area contributed by atoms with Gasteiger partial charge in [-0.05, 0) is 17.7 Å². The number of benzene rings is 1. The van der Waals surface area contributed by atoms with E-state index < -0.39 is 23.3 Å². The molecule has 1 aromatic carbocycles. The highest BCUT2D eigenvalue weighted by Gasteiger charge is 2.34. The number of methoxy groups -OCH3 is 1. The van der Waals surface area contributed by atoms with Gasteiger partial charge < -0.3 is 4.74 Å². The molecule has 0 aromatic heterocycles. The average molecular weight is 322 g/mol. The van der Waals surface area contributed by atoms with Crippen LogP contribution in [0.1, 0.15) is 16.7 Å². The zero-order valence-corrected chi connectivity index (χ0v) is 10.7. The highest BCUT2D eigenvalue weighted by molar-refractivity contribution is 9.10. The summed E-state index contributed by atoms with van der Waals surface area (Å²) in [7, 11) is 1.14. The van der Waals surface area contributed by atoms with Crippen LogP contribution in [-0.4, -0.2) is 13.1 Å². The fourth-order valence-corrected chi connectivity index (χ4v) is 1.79. The lowest BCUT2D eigenvalue weighted by Crippen LogP contribution is -2.11. The molecule has 0 atom stereocenters. The molecular weight excluding hydrogens is 315 g/mol. The fraction of sp³-hybridized carbons (Fsp3) is 0.273. The quantitative estimate of drug-likeness (QED) is 0.787. The second kappa shape index (κ2) is 5.40. The van der Waals surface area contributed by atoms with Crippen molar-refractivity contribution in [2.45, 2.75) is 12.6 Å². The second-order valence-corrected chi connectivity index (χ2v) is 4.21. The first kappa shape index (κ1) is 14.5. The first-order valence-electron chi connectivity index (χ1n) is 4.66. The Morgan fingerprint density at radius 2 is 2.11 bits per heavy atom. The van der Waals surface area contributed by atoms with E-state index in [4.69, 9.17) is 5.26 Å². The minimum atomic E-state index is -4.64. The van der Waals surface area contributed by atoms with E-state index in [0.717, 1.165) is 19.2 Å². The normalized spacial score (nSPS) is 10.9. The summed E-state index contributed by atoms with van der Waals surface area (Å²) in [6, 6.07) is 3.29. The van der Waals surface area contributed by atoms with Crippen LogP contribution in [0.25, 0.3) is 0 Å². The molecule has 0 saturated carbocycles. The molecule has 7 heteroatoms. The minimum Gasteiger partial charge on any atom is -0.469 e. The number of esters is 1. The molecule has 0 bridgehead atoms. The summed E-state index contributed by atoms with van der Waals surface area (Å²) in [4.78, 5) is 11.1. The van der Waals surface area contributed by atoms with Gasteiger partial charge in [0.25, 0.3) is 0 Å². The Morgan fingerprint density at radius 3 is 2.56 bits per heavy atom. The third kappa shape index (κ3) is 3.23. The van der Waals surface area contributed by atoms with Gasteiger partial charge in [-0.15, -0.1) is 0 Å². The Balaban J connectivity index is 3.32. The Morgan fingerprint density at radius 1 is 1.50 bits per heavy atom. The Bertz CT molecular complexity index is 520. The number of carbonyl (C=O) groups is 1. The van der Waals surface area contributed by atoms with Crippen LogP contribution in [-0.2, 0) is 22.1 Å². The van der Waals surface area contributed by atoms with E-state index in [1.165, 1.54) is 6.07 Å². The van der Waals surface area contributed by atoms with E-state index >= 15 is 0 Å². The van der Waals surface area contributed by atoms with Crippen LogP contribution in [0, 0.1) is 11.3 Å². The van der Waals surface area contributed by atoms with Crippen LogP contribution in [0.4, 0.5) is 13.2 Å². The topological polar surface area (TPSA) is 50.1 Å². The number of carbonyl (C=O) groups excluding carboxylic acids is 1. The summed E-state index contributed by atoms with van der Waals surface area (Å²) in [5.74, 6) is -0.659. The highest BCUT2D eigenvalue weighted by atomic mass is 79.9. The van der Waals surface area contributed by atoms with Crippen LogP contribution in [0.5, 0.6) is 0 Å². The zero-order valence-electron chi connectivity index (χ0n) is 9.14. The van der Waals surface area contributed by atoms with Crippen molar-refractivity contribution in [2.24, 2.45) is 0 Å². The molecule has 0 heterocycles. The van der Waals surface area contributed by atoms with Crippen LogP contribution in [0.2, 0.25) is 0 Å². The standard InChI is InChI=1S/C11H7BrF3NO2/c1-18-10(17)4-6-2-8(11(13,14)15)7(5-16)3-9(6)12/h2-3H,4H2,1H3. The number of rotatable bonds is 2. The largest absolute Gasteiger partial charge is 0.469 e. The summed E-state index contributed by atoms with van der Waals surface area (Å²) in [6.07, 6.45) is -4.94. The number of alkyl halides is 3. The van der Waals surface area contributed by atoms with E-state index in [9.17, 15) is 18.0 Å². The molecule has 0 amide bonds. The van der Waals surface area contributed by atoms with Gasteiger partial charge in [0, 0.05) is 4.47 Å². The minimum absolute atomic E-state index is 0.119. The van der Waals surface area contributed by atoms with Crippen LogP contribution >= 0.6 is 15.9 Å². The van der Waals surface area contributed by atoms with E-state index in [1.807, 2.05) is 0 Å². The van der Waals surface area contributed by atoms with Crippen molar-refractivity contribution >= 4 is 21.9 Å².